The van der Waals surface area contributed by atoms with Crippen molar-refractivity contribution in [3.63, 3.8) is 0 Å². The van der Waals surface area contributed by atoms with Crippen LogP contribution in [0.2, 0.25) is 0 Å². The Hall–Kier alpha value is -3.40. The summed E-state index contributed by atoms with van der Waals surface area (Å²) in [4.78, 5) is 50.0. The van der Waals surface area contributed by atoms with Crippen molar-refractivity contribution in [1.82, 2.24) is 0 Å². The summed E-state index contributed by atoms with van der Waals surface area (Å²) in [7, 11) is 0. The second-order valence-electron chi connectivity index (χ2n) is 6.54. The molecule has 2 aromatic rings. The van der Waals surface area contributed by atoms with E-state index in [0.717, 1.165) is 9.37 Å². The van der Waals surface area contributed by atoms with Gasteiger partial charge in [0.05, 0.1) is 10.6 Å². The zero-order valence-electron chi connectivity index (χ0n) is 15.0. The van der Waals surface area contributed by atoms with Gasteiger partial charge in [-0.1, -0.05) is 28.1 Å². The maximum atomic E-state index is 13.2. The van der Waals surface area contributed by atoms with Crippen molar-refractivity contribution < 1.29 is 19.3 Å². The minimum absolute atomic E-state index is 0.0441. The van der Waals surface area contributed by atoms with Crippen LogP contribution in [0.3, 0.4) is 0 Å². The predicted molar refractivity (Wildman–Crippen MR) is 108 cm³/mol. The van der Waals surface area contributed by atoms with Crippen LogP contribution in [-0.4, -0.2) is 34.3 Å². The normalized spacial score (nSPS) is 20.7. The first-order valence-electron chi connectivity index (χ1n) is 8.56. The van der Waals surface area contributed by atoms with Crippen molar-refractivity contribution in [2.24, 2.45) is 11.0 Å². The van der Waals surface area contributed by atoms with Crippen LogP contribution in [0.5, 0.6) is 0 Å². The number of hydrazone groups is 1. The molecule has 0 aliphatic carbocycles. The van der Waals surface area contributed by atoms with E-state index in [2.05, 4.69) is 21.0 Å². The van der Waals surface area contributed by atoms with Gasteiger partial charge in [-0.15, -0.1) is 0 Å². The Morgan fingerprint density at radius 2 is 1.76 bits per heavy atom. The average molecular weight is 457 g/mol. The lowest BCUT2D eigenvalue weighted by atomic mass is 9.95. The molecule has 146 valence electrons. The summed E-state index contributed by atoms with van der Waals surface area (Å²) >= 11 is 3.33. The highest BCUT2D eigenvalue weighted by Gasteiger charge is 2.58. The third-order valence-corrected chi connectivity index (χ3v) is 5.35. The number of fused-ring (bicyclic) bond motifs is 1. The molecule has 4 rings (SSSR count). The summed E-state index contributed by atoms with van der Waals surface area (Å²) in [5.41, 5.74) is -0.0198. The van der Waals surface area contributed by atoms with E-state index >= 15 is 0 Å². The summed E-state index contributed by atoms with van der Waals surface area (Å²) in [5.74, 6) is -2.94. The molecular formula is C19H13BrN4O5. The number of benzene rings is 2. The molecule has 29 heavy (non-hydrogen) atoms. The monoisotopic (exact) mass is 456 g/mol. The number of halogens is 1. The zero-order valence-corrected chi connectivity index (χ0v) is 16.6. The lowest BCUT2D eigenvalue weighted by molar-refractivity contribution is -0.384. The first-order chi connectivity index (χ1) is 13.8. The van der Waals surface area contributed by atoms with Crippen LogP contribution < -0.4 is 9.91 Å². The van der Waals surface area contributed by atoms with E-state index in [4.69, 9.17) is 0 Å². The molecule has 1 saturated heterocycles. The summed E-state index contributed by atoms with van der Waals surface area (Å²) in [6.07, 6.45) is 0. The summed E-state index contributed by atoms with van der Waals surface area (Å²) in [6, 6.07) is 11.3. The van der Waals surface area contributed by atoms with Gasteiger partial charge < -0.3 is 0 Å². The first kappa shape index (κ1) is 18.9. The van der Waals surface area contributed by atoms with Crippen molar-refractivity contribution in [3.05, 3.63) is 63.1 Å². The number of carbonyl (C=O) groups is 3. The van der Waals surface area contributed by atoms with Crippen molar-refractivity contribution >= 4 is 56.3 Å². The topological polar surface area (TPSA) is 113 Å². The minimum atomic E-state index is -1.12. The number of carbonyl (C=O) groups excluding carboxylic acids is 3. The van der Waals surface area contributed by atoms with Crippen molar-refractivity contribution in [1.29, 1.82) is 0 Å². The SMILES string of the molecule is CC(=O)C1=NN(c2ccc(Br)cc2)[C@H]2C(=O)N(c3ccccc3[N+](=O)[O-])C(=O)[C@H]12. The number of hydrogen-bond acceptors (Lipinski definition) is 7. The van der Waals surface area contributed by atoms with E-state index in [0.29, 0.717) is 5.69 Å². The molecular weight excluding hydrogens is 444 g/mol. The molecule has 2 atom stereocenters. The van der Waals surface area contributed by atoms with Gasteiger partial charge in [0, 0.05) is 17.5 Å². The Morgan fingerprint density at radius 3 is 2.38 bits per heavy atom. The molecule has 0 bridgehead atoms. The molecule has 0 saturated carbocycles. The number of nitro groups is 1. The quantitative estimate of drug-likeness (QED) is 0.396. The third-order valence-electron chi connectivity index (χ3n) is 4.82. The third kappa shape index (κ3) is 2.92. The second-order valence-corrected chi connectivity index (χ2v) is 7.46. The predicted octanol–water partition coefficient (Wildman–Crippen LogP) is 2.68. The lowest BCUT2D eigenvalue weighted by Gasteiger charge is -2.22. The van der Waals surface area contributed by atoms with Gasteiger partial charge in [-0.3, -0.25) is 29.5 Å². The van der Waals surface area contributed by atoms with Crippen molar-refractivity contribution in [3.8, 4) is 0 Å². The molecule has 10 heteroatoms. The number of imide groups is 1. The van der Waals surface area contributed by atoms with Crippen LogP contribution in [-0.2, 0) is 14.4 Å². The molecule has 2 aliphatic rings. The highest BCUT2D eigenvalue weighted by atomic mass is 79.9. The Kier molecular flexibility index (Phi) is 4.50. The van der Waals surface area contributed by atoms with Gasteiger partial charge in [0.1, 0.15) is 23.4 Å². The first-order valence-corrected chi connectivity index (χ1v) is 9.36. The number of Topliss-reactive ketones (excluding diaryl/α,β-unsaturated/α-hetero) is 1. The number of nitrogens with zero attached hydrogens (tertiary/aromatic N) is 4. The standard InChI is InChI=1S/C19H13BrN4O5/c1-10(25)16-15-17(23(21-16)12-8-6-11(20)7-9-12)19(27)22(18(15)26)13-4-2-3-5-14(13)24(28)29/h2-9,15,17H,1H3/t15-,17-/m1/s1. The van der Waals surface area contributed by atoms with Gasteiger partial charge in [-0.2, -0.15) is 5.10 Å². The highest BCUT2D eigenvalue weighted by molar-refractivity contribution is 9.10. The van der Waals surface area contributed by atoms with Crippen molar-refractivity contribution in [2.75, 3.05) is 9.91 Å². The summed E-state index contributed by atoms with van der Waals surface area (Å²) < 4.78 is 0.808. The highest BCUT2D eigenvalue weighted by Crippen LogP contribution is 2.40. The Bertz CT molecular complexity index is 1100. The van der Waals surface area contributed by atoms with Gasteiger partial charge >= 0.3 is 0 Å². The van der Waals surface area contributed by atoms with Crippen LogP contribution >= 0.6 is 15.9 Å². The molecule has 0 aromatic heterocycles. The number of rotatable bonds is 4. The van der Waals surface area contributed by atoms with Gasteiger partial charge in [0.2, 0.25) is 5.91 Å². The molecule has 0 radical (unpaired) electrons. The van der Waals surface area contributed by atoms with Crippen molar-refractivity contribution in [2.45, 2.75) is 13.0 Å². The fourth-order valence-corrected chi connectivity index (χ4v) is 3.82. The number of amides is 2. The second kappa shape index (κ2) is 6.89. The van der Waals surface area contributed by atoms with E-state index in [-0.39, 0.29) is 17.1 Å². The summed E-state index contributed by atoms with van der Waals surface area (Å²) in [6.45, 7) is 1.27. The molecule has 0 unspecified atom stereocenters. The van der Waals surface area contributed by atoms with Crippen LogP contribution in [0.25, 0.3) is 0 Å². The fourth-order valence-electron chi connectivity index (χ4n) is 3.56. The van der Waals surface area contributed by atoms with Gasteiger partial charge in [-0.25, -0.2) is 4.90 Å². The summed E-state index contributed by atoms with van der Waals surface area (Å²) in [5, 5.41) is 17.0. The van der Waals surface area contributed by atoms with E-state index in [1.165, 1.54) is 36.2 Å². The van der Waals surface area contributed by atoms with Crippen LogP contribution in [0, 0.1) is 16.0 Å². The largest absolute Gasteiger partial charge is 0.293 e. The zero-order chi connectivity index (χ0) is 20.9. The lowest BCUT2D eigenvalue weighted by Crippen LogP contribution is -2.39. The molecule has 0 N–H and O–H groups in total. The van der Waals surface area contributed by atoms with Crippen LogP contribution in [0.15, 0.2) is 58.1 Å². The Balaban J connectivity index is 1.83. The molecule has 2 heterocycles. The molecule has 2 aromatic carbocycles. The molecule has 1 fully saturated rings. The Labute approximate surface area is 172 Å². The molecule has 2 amide bonds. The van der Waals surface area contributed by atoms with E-state index in [1.807, 2.05) is 0 Å². The molecule has 9 nitrogen and oxygen atoms in total. The maximum absolute atomic E-state index is 13.2. The number of para-hydroxylation sites is 2. The van der Waals surface area contributed by atoms with Crippen LogP contribution in [0.1, 0.15) is 6.92 Å². The van der Waals surface area contributed by atoms with E-state index in [9.17, 15) is 24.5 Å². The van der Waals surface area contributed by atoms with Gasteiger partial charge in [0.15, 0.2) is 5.78 Å². The van der Waals surface area contributed by atoms with Crippen LogP contribution in [0.4, 0.5) is 17.1 Å². The van der Waals surface area contributed by atoms with E-state index < -0.39 is 34.5 Å². The molecule has 2 aliphatic heterocycles. The van der Waals surface area contributed by atoms with Gasteiger partial charge in [-0.05, 0) is 30.3 Å². The van der Waals surface area contributed by atoms with E-state index in [1.54, 1.807) is 24.3 Å². The number of anilines is 2. The minimum Gasteiger partial charge on any atom is -0.293 e. The maximum Gasteiger partial charge on any atom is 0.293 e. The molecule has 0 spiro atoms. The van der Waals surface area contributed by atoms with Gasteiger partial charge in [0.25, 0.3) is 11.6 Å². The fraction of sp³-hybridized carbons (Fsp3) is 0.158. The number of hydrogen-bond donors (Lipinski definition) is 0. The number of ketones is 1. The smallest absolute Gasteiger partial charge is 0.293 e. The number of nitro benzene ring substituents is 1. The Morgan fingerprint density at radius 1 is 1.10 bits per heavy atom. The average Bonchev–Trinajstić information content (AvgIpc) is 3.20.